The monoisotopic (exact) mass is 609 g/mol. The second-order valence-electron chi connectivity index (χ2n) is 13.0. The van der Waals surface area contributed by atoms with Crippen LogP contribution in [0.2, 0.25) is 0 Å². The maximum Gasteiger partial charge on any atom is 0.341 e. The number of hydrogen-bond donors (Lipinski definition) is 0. The smallest absolute Gasteiger partial charge is 0.341 e. The molecule has 0 spiro atoms. The number of methoxy groups -OCH3 is 1. The number of hydrogen-bond acceptors (Lipinski definition) is 6. The number of fused-ring (bicyclic) bond motifs is 5. The number of carbonyl (C=O) groups is 2. The number of allylic oxidation sites excluding steroid dienone is 1. The molecule has 2 aliphatic rings. The Morgan fingerprint density at radius 1 is 1.00 bits per heavy atom. The molecule has 1 fully saturated rings. The summed E-state index contributed by atoms with van der Waals surface area (Å²) in [5.74, 6) is 0.414. The molecule has 0 radical (unpaired) electrons. The van der Waals surface area contributed by atoms with E-state index < -0.39 is 11.6 Å². The van der Waals surface area contributed by atoms with Crippen LogP contribution in [0, 0.1) is 0 Å². The SMILES string of the molecule is CCOC(=O)c1cn(CC)nc1C1=Cc2cc(OC)ccc2-c2c(C3CCCCC3)c3ccc(C(=O)OC(C)(C)C)cc3n2C1. The Balaban J connectivity index is 1.63. The summed E-state index contributed by atoms with van der Waals surface area (Å²) in [7, 11) is 1.67. The van der Waals surface area contributed by atoms with Crippen LogP contribution in [0.3, 0.4) is 0 Å². The van der Waals surface area contributed by atoms with Gasteiger partial charge in [-0.2, -0.15) is 5.10 Å². The van der Waals surface area contributed by atoms with Gasteiger partial charge in [0.2, 0.25) is 0 Å². The Hall–Kier alpha value is -4.33. The van der Waals surface area contributed by atoms with Crippen molar-refractivity contribution in [3.8, 4) is 17.0 Å². The molecular weight excluding hydrogens is 566 g/mol. The van der Waals surface area contributed by atoms with E-state index in [0.717, 1.165) is 51.9 Å². The Morgan fingerprint density at radius 2 is 1.78 bits per heavy atom. The highest BCUT2D eigenvalue weighted by Gasteiger charge is 2.32. The van der Waals surface area contributed by atoms with Crippen molar-refractivity contribution in [1.29, 1.82) is 0 Å². The Kier molecular flexibility index (Phi) is 8.33. The molecule has 0 amide bonds. The lowest BCUT2D eigenvalue weighted by molar-refractivity contribution is 0.00694. The van der Waals surface area contributed by atoms with Crippen molar-refractivity contribution < 1.29 is 23.8 Å². The molecule has 0 unspecified atom stereocenters. The third-order valence-corrected chi connectivity index (χ3v) is 8.81. The molecular formula is C37H43N3O5. The molecule has 8 heteroatoms. The van der Waals surface area contributed by atoms with E-state index >= 15 is 0 Å². The second-order valence-corrected chi connectivity index (χ2v) is 13.0. The molecule has 0 saturated heterocycles. The van der Waals surface area contributed by atoms with E-state index in [1.54, 1.807) is 18.0 Å². The standard InChI is InChI=1S/C37H43N3O5/c1-7-39-22-30(36(42)44-8-2)33(38-39)26-18-25-19-27(43-6)15-17-28(25)34-32(23-12-10-9-11-13-23)29-16-14-24(20-31(29)40(34)21-26)35(41)45-37(3,4)5/h14-20,22-23H,7-13,21H2,1-6H3. The fraction of sp³-hybridized carbons (Fsp3) is 0.432. The van der Waals surface area contributed by atoms with E-state index in [0.29, 0.717) is 35.8 Å². The summed E-state index contributed by atoms with van der Waals surface area (Å²) >= 11 is 0. The molecule has 1 aliphatic carbocycles. The minimum atomic E-state index is -0.606. The Labute approximate surface area is 265 Å². The third kappa shape index (κ3) is 5.90. The zero-order valence-corrected chi connectivity index (χ0v) is 27.2. The molecule has 8 nitrogen and oxygen atoms in total. The van der Waals surface area contributed by atoms with E-state index in [1.165, 1.54) is 24.8 Å². The number of carbonyl (C=O) groups excluding carboxylic acids is 2. The Morgan fingerprint density at radius 3 is 2.47 bits per heavy atom. The van der Waals surface area contributed by atoms with Crippen molar-refractivity contribution in [1.82, 2.24) is 14.3 Å². The number of nitrogens with zero attached hydrogens (tertiary/aromatic N) is 3. The van der Waals surface area contributed by atoms with Crippen molar-refractivity contribution in [2.75, 3.05) is 13.7 Å². The summed E-state index contributed by atoms with van der Waals surface area (Å²) in [4.78, 5) is 26.5. The highest BCUT2D eigenvalue weighted by Crippen LogP contribution is 2.48. The van der Waals surface area contributed by atoms with Gasteiger partial charge in [0.15, 0.2) is 0 Å². The molecule has 2 aromatic carbocycles. The van der Waals surface area contributed by atoms with E-state index in [9.17, 15) is 9.59 Å². The van der Waals surface area contributed by atoms with Crippen LogP contribution in [-0.2, 0) is 22.6 Å². The summed E-state index contributed by atoms with van der Waals surface area (Å²) in [5.41, 5.74) is 7.36. The summed E-state index contributed by atoms with van der Waals surface area (Å²) in [6.07, 6.45) is 9.80. The predicted octanol–water partition coefficient (Wildman–Crippen LogP) is 8.27. The van der Waals surface area contributed by atoms with Crippen LogP contribution < -0.4 is 4.74 Å². The minimum Gasteiger partial charge on any atom is -0.497 e. The summed E-state index contributed by atoms with van der Waals surface area (Å²) in [6.45, 7) is 10.8. The summed E-state index contributed by atoms with van der Waals surface area (Å²) in [6, 6.07) is 12.2. The predicted molar refractivity (Wildman–Crippen MR) is 177 cm³/mol. The first-order chi connectivity index (χ1) is 21.6. The number of aryl methyl sites for hydroxylation is 1. The van der Waals surface area contributed by atoms with Gasteiger partial charge in [0.05, 0.1) is 31.5 Å². The molecule has 3 heterocycles. The van der Waals surface area contributed by atoms with Crippen LogP contribution in [0.15, 0.2) is 42.6 Å². The third-order valence-electron chi connectivity index (χ3n) is 8.81. The van der Waals surface area contributed by atoms with Gasteiger partial charge in [-0.1, -0.05) is 25.3 Å². The number of esters is 2. The first-order valence-corrected chi connectivity index (χ1v) is 16.1. The lowest BCUT2D eigenvalue weighted by atomic mass is 9.81. The largest absolute Gasteiger partial charge is 0.497 e. The average Bonchev–Trinajstić information content (AvgIpc) is 3.55. The molecule has 6 rings (SSSR count). The van der Waals surface area contributed by atoms with E-state index in [-0.39, 0.29) is 12.6 Å². The first kappa shape index (κ1) is 30.7. The van der Waals surface area contributed by atoms with E-state index in [2.05, 4.69) is 28.8 Å². The molecule has 1 saturated carbocycles. The van der Waals surface area contributed by atoms with Crippen LogP contribution >= 0.6 is 0 Å². The normalized spacial score (nSPS) is 15.2. The van der Waals surface area contributed by atoms with Crippen molar-refractivity contribution in [2.45, 2.75) is 91.3 Å². The zero-order chi connectivity index (χ0) is 31.9. The molecule has 0 atom stereocenters. The van der Waals surface area contributed by atoms with Crippen LogP contribution in [0.1, 0.15) is 110 Å². The van der Waals surface area contributed by atoms with Crippen LogP contribution in [-0.4, -0.2) is 45.6 Å². The number of aromatic nitrogens is 3. The zero-order valence-electron chi connectivity index (χ0n) is 27.2. The van der Waals surface area contributed by atoms with Gasteiger partial charge in [-0.05, 0) is 101 Å². The second kappa shape index (κ2) is 12.2. The molecule has 0 N–H and O–H groups in total. The van der Waals surface area contributed by atoms with Gasteiger partial charge in [-0.25, -0.2) is 9.59 Å². The van der Waals surface area contributed by atoms with Crippen LogP contribution in [0.25, 0.3) is 33.8 Å². The Bertz CT molecular complexity index is 1800. The fourth-order valence-corrected chi connectivity index (χ4v) is 6.83. The van der Waals surface area contributed by atoms with Crippen molar-refractivity contribution in [2.24, 2.45) is 0 Å². The summed E-state index contributed by atoms with van der Waals surface area (Å²) < 4.78 is 21.0. The molecule has 0 bridgehead atoms. The van der Waals surface area contributed by atoms with Gasteiger partial charge < -0.3 is 18.8 Å². The lowest BCUT2D eigenvalue weighted by Crippen LogP contribution is -2.23. The van der Waals surface area contributed by atoms with Gasteiger partial charge in [0, 0.05) is 34.8 Å². The highest BCUT2D eigenvalue weighted by atomic mass is 16.6. The maximum atomic E-state index is 13.3. The minimum absolute atomic E-state index is 0.277. The van der Waals surface area contributed by atoms with Gasteiger partial charge in [-0.3, -0.25) is 4.68 Å². The van der Waals surface area contributed by atoms with Crippen LogP contribution in [0.5, 0.6) is 5.75 Å². The molecule has 45 heavy (non-hydrogen) atoms. The molecule has 1 aliphatic heterocycles. The molecule has 236 valence electrons. The lowest BCUT2D eigenvalue weighted by Gasteiger charge is -2.24. The fourth-order valence-electron chi connectivity index (χ4n) is 6.83. The van der Waals surface area contributed by atoms with Crippen molar-refractivity contribution in [3.63, 3.8) is 0 Å². The van der Waals surface area contributed by atoms with Gasteiger partial charge >= 0.3 is 11.9 Å². The molecule has 2 aromatic heterocycles. The van der Waals surface area contributed by atoms with E-state index in [4.69, 9.17) is 19.3 Å². The average molecular weight is 610 g/mol. The van der Waals surface area contributed by atoms with Gasteiger partial charge in [0.25, 0.3) is 0 Å². The number of rotatable bonds is 7. The maximum absolute atomic E-state index is 13.3. The van der Waals surface area contributed by atoms with Crippen LogP contribution in [0.4, 0.5) is 0 Å². The molecule has 4 aromatic rings. The van der Waals surface area contributed by atoms with Crippen molar-refractivity contribution in [3.05, 3.63) is 70.5 Å². The van der Waals surface area contributed by atoms with Gasteiger partial charge in [-0.15, -0.1) is 0 Å². The number of benzene rings is 2. The summed E-state index contributed by atoms with van der Waals surface area (Å²) in [5, 5.41) is 6.03. The topological polar surface area (TPSA) is 84.6 Å². The number of ether oxygens (including phenoxy) is 3. The van der Waals surface area contributed by atoms with Crippen molar-refractivity contribution >= 4 is 34.5 Å². The van der Waals surface area contributed by atoms with E-state index in [1.807, 2.05) is 52.8 Å². The first-order valence-electron chi connectivity index (χ1n) is 16.1. The highest BCUT2D eigenvalue weighted by molar-refractivity contribution is 6.03. The quantitative estimate of drug-likeness (QED) is 0.196. The van der Waals surface area contributed by atoms with Gasteiger partial charge in [0.1, 0.15) is 22.6 Å².